The highest BCUT2D eigenvalue weighted by molar-refractivity contribution is 7.89. The lowest BCUT2D eigenvalue weighted by molar-refractivity contribution is 0.153. The molecule has 0 aromatic heterocycles. The van der Waals surface area contributed by atoms with E-state index in [-0.39, 0.29) is 11.4 Å². The first kappa shape index (κ1) is 15.1. The number of benzene rings is 1. The summed E-state index contributed by atoms with van der Waals surface area (Å²) in [5.41, 5.74) is 0.799. The van der Waals surface area contributed by atoms with Gasteiger partial charge in [0.1, 0.15) is 5.82 Å². The molecule has 102 valence electrons. The molecule has 0 aliphatic rings. The van der Waals surface area contributed by atoms with Crippen molar-refractivity contribution in [2.75, 3.05) is 19.8 Å². The molecule has 0 atom stereocenters. The average molecular weight is 275 g/mol. The zero-order chi connectivity index (χ0) is 13.8. The van der Waals surface area contributed by atoms with E-state index in [1.807, 2.05) is 6.92 Å². The lowest BCUT2D eigenvalue weighted by atomic mass is 10.1. The van der Waals surface area contributed by atoms with Crippen LogP contribution in [0.1, 0.15) is 18.1 Å². The number of halogens is 1. The highest BCUT2D eigenvalue weighted by Gasteiger charge is 2.19. The molecule has 0 bridgehead atoms. The number of aryl methyl sites for hydroxylation is 2. The molecular weight excluding hydrogens is 257 g/mol. The molecule has 1 N–H and O–H groups in total. The molecule has 0 fully saturated rings. The van der Waals surface area contributed by atoms with Crippen molar-refractivity contribution in [1.29, 1.82) is 0 Å². The number of ether oxygens (including phenoxy) is 1. The minimum Gasteiger partial charge on any atom is -0.380 e. The Morgan fingerprint density at radius 1 is 1.28 bits per heavy atom. The molecule has 18 heavy (non-hydrogen) atoms. The van der Waals surface area contributed by atoms with Gasteiger partial charge in [0.25, 0.3) is 0 Å². The van der Waals surface area contributed by atoms with Crippen molar-refractivity contribution in [3.05, 3.63) is 29.1 Å². The van der Waals surface area contributed by atoms with Crippen molar-refractivity contribution in [2.24, 2.45) is 0 Å². The Morgan fingerprint density at radius 3 is 2.33 bits per heavy atom. The van der Waals surface area contributed by atoms with Crippen LogP contribution in [0.15, 0.2) is 17.0 Å². The molecule has 1 aromatic carbocycles. The predicted molar refractivity (Wildman–Crippen MR) is 67.6 cm³/mol. The molecular formula is C12H18FNO3S. The van der Waals surface area contributed by atoms with Gasteiger partial charge in [-0.15, -0.1) is 0 Å². The Morgan fingerprint density at radius 2 is 1.83 bits per heavy atom. The Hall–Kier alpha value is -0.980. The summed E-state index contributed by atoms with van der Waals surface area (Å²) < 4.78 is 44.7. The first-order valence-electron chi connectivity index (χ1n) is 5.72. The first-order chi connectivity index (χ1) is 8.38. The van der Waals surface area contributed by atoms with E-state index in [4.69, 9.17) is 4.74 Å². The van der Waals surface area contributed by atoms with E-state index in [1.165, 1.54) is 12.1 Å². The van der Waals surface area contributed by atoms with Crippen LogP contribution in [0.4, 0.5) is 4.39 Å². The van der Waals surface area contributed by atoms with Gasteiger partial charge in [-0.2, -0.15) is 0 Å². The van der Waals surface area contributed by atoms with Gasteiger partial charge in [-0.05, 0) is 44.0 Å². The number of hydrogen-bond acceptors (Lipinski definition) is 3. The van der Waals surface area contributed by atoms with Crippen molar-refractivity contribution in [3.63, 3.8) is 0 Å². The third-order valence-electron chi connectivity index (χ3n) is 2.44. The summed E-state index contributed by atoms with van der Waals surface area (Å²) in [6.45, 7) is 6.04. The summed E-state index contributed by atoms with van der Waals surface area (Å²) in [5.74, 6) is -0.432. The van der Waals surface area contributed by atoms with Crippen molar-refractivity contribution >= 4 is 10.0 Å². The third kappa shape index (κ3) is 3.76. The van der Waals surface area contributed by atoms with Gasteiger partial charge >= 0.3 is 0 Å². The molecule has 0 heterocycles. The van der Waals surface area contributed by atoms with Crippen LogP contribution < -0.4 is 4.72 Å². The average Bonchev–Trinajstić information content (AvgIpc) is 2.22. The molecule has 0 radical (unpaired) electrons. The quantitative estimate of drug-likeness (QED) is 0.805. The van der Waals surface area contributed by atoms with E-state index in [0.29, 0.717) is 24.3 Å². The summed E-state index contributed by atoms with van der Waals surface area (Å²) in [6.07, 6.45) is 0. The van der Waals surface area contributed by atoms with Gasteiger partial charge in [0.05, 0.1) is 11.5 Å². The lowest BCUT2D eigenvalue weighted by Gasteiger charge is -2.12. The van der Waals surface area contributed by atoms with Crippen molar-refractivity contribution in [1.82, 2.24) is 4.72 Å². The van der Waals surface area contributed by atoms with Crippen LogP contribution in [0.3, 0.4) is 0 Å². The van der Waals surface area contributed by atoms with Gasteiger partial charge in [0, 0.05) is 13.2 Å². The number of rotatable bonds is 6. The molecule has 0 saturated carbocycles. The topological polar surface area (TPSA) is 55.4 Å². The molecule has 0 unspecified atom stereocenters. The summed E-state index contributed by atoms with van der Waals surface area (Å²) in [6, 6.07) is 2.42. The van der Waals surface area contributed by atoms with Crippen LogP contribution in [0.2, 0.25) is 0 Å². The Labute approximate surface area is 107 Å². The van der Waals surface area contributed by atoms with Crippen LogP contribution in [0, 0.1) is 19.7 Å². The van der Waals surface area contributed by atoms with Crippen LogP contribution in [-0.2, 0) is 14.8 Å². The van der Waals surface area contributed by atoms with Crippen molar-refractivity contribution < 1.29 is 17.5 Å². The lowest BCUT2D eigenvalue weighted by Crippen LogP contribution is -2.28. The molecule has 0 aliphatic carbocycles. The summed E-state index contributed by atoms with van der Waals surface area (Å²) >= 11 is 0. The van der Waals surface area contributed by atoms with Gasteiger partial charge < -0.3 is 4.74 Å². The molecule has 6 heteroatoms. The summed E-state index contributed by atoms with van der Waals surface area (Å²) in [4.78, 5) is 0.139. The summed E-state index contributed by atoms with van der Waals surface area (Å²) in [7, 11) is -3.62. The second-order valence-electron chi connectivity index (χ2n) is 3.96. The van der Waals surface area contributed by atoms with Gasteiger partial charge in [-0.25, -0.2) is 17.5 Å². The maximum absolute atomic E-state index is 13.1. The maximum atomic E-state index is 13.1. The minimum absolute atomic E-state index is 0.139. The predicted octanol–water partition coefficient (Wildman–Crippen LogP) is 1.76. The zero-order valence-corrected chi connectivity index (χ0v) is 11.6. The molecule has 0 aliphatic heterocycles. The van der Waals surface area contributed by atoms with E-state index in [2.05, 4.69) is 4.72 Å². The highest BCUT2D eigenvalue weighted by atomic mass is 32.2. The zero-order valence-electron chi connectivity index (χ0n) is 10.8. The molecule has 0 amide bonds. The Bertz CT molecular complexity index is 491. The van der Waals surface area contributed by atoms with E-state index >= 15 is 0 Å². The molecule has 1 rings (SSSR count). The third-order valence-corrected chi connectivity index (χ3v) is 4.20. The number of nitrogens with one attached hydrogen (secondary N) is 1. The standard InChI is InChI=1S/C12H18FNO3S/c1-4-17-6-5-14-18(15,16)12-9(2)7-11(13)8-10(12)3/h7-8,14H,4-6H2,1-3H3. The van der Waals surface area contributed by atoms with Crippen LogP contribution >= 0.6 is 0 Å². The van der Waals surface area contributed by atoms with Crippen molar-refractivity contribution in [2.45, 2.75) is 25.7 Å². The van der Waals surface area contributed by atoms with E-state index in [0.717, 1.165) is 0 Å². The van der Waals surface area contributed by atoms with Crippen LogP contribution in [-0.4, -0.2) is 28.2 Å². The molecule has 0 spiro atoms. The molecule has 0 saturated heterocycles. The molecule has 1 aromatic rings. The monoisotopic (exact) mass is 275 g/mol. The minimum atomic E-state index is -3.62. The van der Waals surface area contributed by atoms with E-state index in [1.54, 1.807) is 13.8 Å². The second kappa shape index (κ2) is 6.26. The largest absolute Gasteiger partial charge is 0.380 e. The Balaban J connectivity index is 2.92. The number of sulfonamides is 1. The van der Waals surface area contributed by atoms with Gasteiger partial charge in [0.15, 0.2) is 0 Å². The van der Waals surface area contributed by atoms with Gasteiger partial charge in [-0.3, -0.25) is 0 Å². The first-order valence-corrected chi connectivity index (χ1v) is 7.21. The van der Waals surface area contributed by atoms with Crippen molar-refractivity contribution in [3.8, 4) is 0 Å². The van der Waals surface area contributed by atoms with Crippen LogP contribution in [0.25, 0.3) is 0 Å². The smallest absolute Gasteiger partial charge is 0.241 e. The second-order valence-corrected chi connectivity index (χ2v) is 5.67. The number of hydrogen-bond donors (Lipinski definition) is 1. The normalized spacial score (nSPS) is 11.8. The van der Waals surface area contributed by atoms with E-state index < -0.39 is 15.8 Å². The van der Waals surface area contributed by atoms with Gasteiger partial charge in [0.2, 0.25) is 10.0 Å². The fourth-order valence-electron chi connectivity index (χ4n) is 1.79. The fourth-order valence-corrected chi connectivity index (χ4v) is 3.25. The maximum Gasteiger partial charge on any atom is 0.241 e. The highest BCUT2D eigenvalue weighted by Crippen LogP contribution is 2.20. The fraction of sp³-hybridized carbons (Fsp3) is 0.500. The Kier molecular flexibility index (Phi) is 5.25. The van der Waals surface area contributed by atoms with Crippen LogP contribution in [0.5, 0.6) is 0 Å². The van der Waals surface area contributed by atoms with Gasteiger partial charge in [-0.1, -0.05) is 0 Å². The van der Waals surface area contributed by atoms with E-state index in [9.17, 15) is 12.8 Å². The SMILES string of the molecule is CCOCCNS(=O)(=O)c1c(C)cc(F)cc1C. The molecule has 4 nitrogen and oxygen atoms in total. The summed E-state index contributed by atoms with van der Waals surface area (Å²) in [5, 5.41) is 0.